The van der Waals surface area contributed by atoms with Gasteiger partial charge in [0.1, 0.15) is 17.2 Å². The zero-order chi connectivity index (χ0) is 24.8. The average Bonchev–Trinajstić information content (AvgIpc) is 2.87. The van der Waals surface area contributed by atoms with Gasteiger partial charge in [-0.25, -0.2) is 9.97 Å². The third-order valence-corrected chi connectivity index (χ3v) is 5.61. The molecule has 0 unspecified atom stereocenters. The Labute approximate surface area is 203 Å². The van der Waals surface area contributed by atoms with E-state index >= 15 is 0 Å². The van der Waals surface area contributed by atoms with Gasteiger partial charge in [0.05, 0.1) is 0 Å². The number of hydrogen-bond acceptors (Lipinski definition) is 8. The summed E-state index contributed by atoms with van der Waals surface area (Å²) < 4.78 is 0. The molecular weight excluding hydrogens is 444 g/mol. The highest BCUT2D eigenvalue weighted by molar-refractivity contribution is 5.99. The van der Waals surface area contributed by atoms with Crippen molar-refractivity contribution in [2.24, 2.45) is 0 Å². The number of fused-ring (bicyclic) bond motifs is 1. The lowest BCUT2D eigenvalue weighted by atomic mass is 10.0. The number of anilines is 5. The topological polar surface area (TPSA) is 124 Å². The Bertz CT molecular complexity index is 1260. The highest BCUT2D eigenvalue weighted by Crippen LogP contribution is 2.25. The van der Waals surface area contributed by atoms with Crippen molar-refractivity contribution < 1.29 is 9.59 Å². The van der Waals surface area contributed by atoms with Crippen molar-refractivity contribution in [3.63, 3.8) is 0 Å². The van der Waals surface area contributed by atoms with Gasteiger partial charge in [0.2, 0.25) is 11.9 Å². The molecule has 4 rings (SSSR count). The maximum atomic E-state index is 12.7. The van der Waals surface area contributed by atoms with Gasteiger partial charge in [0.15, 0.2) is 0 Å². The second-order valence-electron chi connectivity index (χ2n) is 8.10. The summed E-state index contributed by atoms with van der Waals surface area (Å²) >= 11 is 0. The molecule has 0 saturated carbocycles. The third kappa shape index (κ3) is 5.79. The molecule has 2 aromatic heterocycles. The summed E-state index contributed by atoms with van der Waals surface area (Å²) in [5.74, 6) is 0.644. The van der Waals surface area contributed by atoms with E-state index in [1.165, 1.54) is 29.1 Å². The van der Waals surface area contributed by atoms with E-state index in [1.54, 1.807) is 31.5 Å². The number of pyridine rings is 1. The van der Waals surface area contributed by atoms with Crippen LogP contribution in [0.4, 0.5) is 29.0 Å². The Balaban J connectivity index is 1.63. The van der Waals surface area contributed by atoms with Gasteiger partial charge in [0, 0.05) is 56.9 Å². The minimum atomic E-state index is -0.338. The minimum absolute atomic E-state index is 0.145. The number of nitrogens with zero attached hydrogens (tertiary/aromatic N) is 4. The van der Waals surface area contributed by atoms with Crippen LogP contribution in [0.1, 0.15) is 28.4 Å². The van der Waals surface area contributed by atoms with Crippen molar-refractivity contribution in [2.45, 2.75) is 19.9 Å². The summed E-state index contributed by atoms with van der Waals surface area (Å²) in [5, 5.41) is 12.5. The van der Waals surface area contributed by atoms with E-state index in [-0.39, 0.29) is 17.4 Å². The number of amides is 2. The van der Waals surface area contributed by atoms with Crippen LogP contribution >= 0.6 is 0 Å². The first-order valence-corrected chi connectivity index (χ1v) is 11.3. The highest BCUT2D eigenvalue weighted by Gasteiger charge is 2.17. The van der Waals surface area contributed by atoms with Crippen molar-refractivity contribution in [3.05, 3.63) is 72.1 Å². The molecule has 180 valence electrons. The summed E-state index contributed by atoms with van der Waals surface area (Å²) in [7, 11) is 1.64. The van der Waals surface area contributed by atoms with Gasteiger partial charge in [-0.05, 0) is 42.3 Å². The molecule has 0 spiro atoms. The standard InChI is InChI=1S/C25H28N8O2/c1-4-9-28-24(35)21-15-29-25(31-19-6-5-18-14-26-10-7-17(18)12-19)32-23(21)30-20-8-11-27-22(13-20)33(3)16(2)34/h4-6,8,11-13,15,26H,1,7,9-10,14H2,2-3H3,(H,28,35)(H2,27,29,30,31,32). The van der Waals surface area contributed by atoms with Crippen molar-refractivity contribution in [1.82, 2.24) is 25.6 Å². The van der Waals surface area contributed by atoms with E-state index in [4.69, 9.17) is 0 Å². The zero-order valence-electron chi connectivity index (χ0n) is 19.8. The predicted molar refractivity (Wildman–Crippen MR) is 136 cm³/mol. The van der Waals surface area contributed by atoms with Gasteiger partial charge in [-0.1, -0.05) is 12.1 Å². The second kappa shape index (κ2) is 10.7. The number of carbonyl (C=O) groups excluding carboxylic acids is 2. The van der Waals surface area contributed by atoms with Gasteiger partial charge in [-0.15, -0.1) is 6.58 Å². The SMILES string of the molecule is C=CCNC(=O)c1cnc(Nc2ccc3c(c2)CCNC3)nc1Nc1ccnc(N(C)C(C)=O)c1. The van der Waals surface area contributed by atoms with Gasteiger partial charge in [-0.3, -0.25) is 9.59 Å². The van der Waals surface area contributed by atoms with Gasteiger partial charge >= 0.3 is 0 Å². The summed E-state index contributed by atoms with van der Waals surface area (Å²) in [4.78, 5) is 39.1. The van der Waals surface area contributed by atoms with Gasteiger partial charge in [0.25, 0.3) is 5.91 Å². The van der Waals surface area contributed by atoms with Crippen LogP contribution in [0.2, 0.25) is 0 Å². The van der Waals surface area contributed by atoms with Crippen molar-refractivity contribution >= 4 is 40.8 Å². The summed E-state index contributed by atoms with van der Waals surface area (Å²) in [5.41, 5.74) is 4.32. The predicted octanol–water partition coefficient (Wildman–Crippen LogP) is 2.90. The average molecular weight is 473 g/mol. The maximum absolute atomic E-state index is 12.7. The normalized spacial score (nSPS) is 12.3. The molecule has 0 aliphatic carbocycles. The minimum Gasteiger partial charge on any atom is -0.348 e. The van der Waals surface area contributed by atoms with E-state index in [2.05, 4.69) is 54.9 Å². The lowest BCUT2D eigenvalue weighted by Gasteiger charge is -2.18. The first-order chi connectivity index (χ1) is 16.9. The molecule has 0 radical (unpaired) electrons. The summed E-state index contributed by atoms with van der Waals surface area (Å²) in [6.45, 7) is 7.22. The van der Waals surface area contributed by atoms with Gasteiger partial charge < -0.3 is 26.2 Å². The Kier molecular flexibility index (Phi) is 7.32. The van der Waals surface area contributed by atoms with E-state index in [0.29, 0.717) is 29.8 Å². The number of rotatable bonds is 8. The van der Waals surface area contributed by atoms with E-state index in [9.17, 15) is 9.59 Å². The fourth-order valence-electron chi connectivity index (χ4n) is 3.63. The Morgan fingerprint density at radius 1 is 1.14 bits per heavy atom. The monoisotopic (exact) mass is 472 g/mol. The largest absolute Gasteiger partial charge is 0.348 e. The fraction of sp³-hybridized carbons (Fsp3) is 0.240. The lowest BCUT2D eigenvalue weighted by Crippen LogP contribution is -2.25. The van der Waals surface area contributed by atoms with Crippen LogP contribution in [0, 0.1) is 0 Å². The fourth-order valence-corrected chi connectivity index (χ4v) is 3.63. The van der Waals surface area contributed by atoms with Gasteiger partial charge in [-0.2, -0.15) is 4.98 Å². The Morgan fingerprint density at radius 3 is 2.77 bits per heavy atom. The number of nitrogens with one attached hydrogen (secondary N) is 4. The zero-order valence-corrected chi connectivity index (χ0v) is 19.8. The quantitative estimate of drug-likeness (QED) is 0.369. The van der Waals surface area contributed by atoms with Crippen LogP contribution in [-0.2, 0) is 17.8 Å². The van der Waals surface area contributed by atoms with Crippen LogP contribution in [0.15, 0.2) is 55.4 Å². The third-order valence-electron chi connectivity index (χ3n) is 5.61. The summed E-state index contributed by atoms with van der Waals surface area (Å²) in [6.07, 6.45) is 5.61. The molecule has 1 aliphatic rings. The maximum Gasteiger partial charge on any atom is 0.256 e. The Hall–Kier alpha value is -4.31. The van der Waals surface area contributed by atoms with Crippen molar-refractivity contribution in [1.29, 1.82) is 0 Å². The molecule has 10 nitrogen and oxygen atoms in total. The molecular formula is C25H28N8O2. The molecule has 3 heterocycles. The van der Waals surface area contributed by atoms with Crippen LogP contribution in [0.25, 0.3) is 0 Å². The molecule has 0 saturated heterocycles. The number of benzene rings is 1. The molecule has 1 aromatic carbocycles. The first-order valence-electron chi connectivity index (χ1n) is 11.3. The molecule has 0 bridgehead atoms. The molecule has 4 N–H and O–H groups in total. The van der Waals surface area contributed by atoms with E-state index in [1.807, 2.05) is 6.07 Å². The smallest absolute Gasteiger partial charge is 0.256 e. The van der Waals surface area contributed by atoms with Crippen LogP contribution < -0.4 is 26.2 Å². The number of hydrogen-bond donors (Lipinski definition) is 4. The molecule has 35 heavy (non-hydrogen) atoms. The highest BCUT2D eigenvalue weighted by atomic mass is 16.2. The van der Waals surface area contributed by atoms with Crippen molar-refractivity contribution in [3.8, 4) is 0 Å². The summed E-state index contributed by atoms with van der Waals surface area (Å²) in [6, 6.07) is 9.61. The van der Waals surface area contributed by atoms with E-state index < -0.39 is 0 Å². The molecule has 3 aromatic rings. The molecule has 1 aliphatic heterocycles. The van der Waals surface area contributed by atoms with Crippen LogP contribution in [-0.4, -0.2) is 46.9 Å². The molecule has 0 atom stereocenters. The molecule has 2 amide bonds. The van der Waals surface area contributed by atoms with Crippen molar-refractivity contribution in [2.75, 3.05) is 35.7 Å². The van der Waals surface area contributed by atoms with E-state index in [0.717, 1.165) is 25.2 Å². The number of carbonyl (C=O) groups is 2. The van der Waals surface area contributed by atoms with Crippen LogP contribution in [0.3, 0.4) is 0 Å². The molecule has 10 heteroatoms. The lowest BCUT2D eigenvalue weighted by molar-refractivity contribution is -0.116. The molecule has 0 fully saturated rings. The number of aromatic nitrogens is 3. The second-order valence-corrected chi connectivity index (χ2v) is 8.10. The van der Waals surface area contributed by atoms with Crippen LogP contribution in [0.5, 0.6) is 0 Å². The Morgan fingerprint density at radius 2 is 1.97 bits per heavy atom. The first kappa shape index (κ1) is 23.8.